The lowest BCUT2D eigenvalue weighted by Gasteiger charge is -2.16. The Hall–Kier alpha value is -1.60. The minimum atomic E-state index is -2.46. The van der Waals surface area contributed by atoms with Gasteiger partial charge in [0, 0.05) is 23.8 Å². The molecule has 2 rings (SSSR count). The van der Waals surface area contributed by atoms with E-state index in [4.69, 9.17) is 4.74 Å². The molecule has 1 atom stereocenters. The van der Waals surface area contributed by atoms with E-state index in [9.17, 15) is 8.78 Å². The fraction of sp³-hybridized carbons (Fsp3) is 0.400. The topological polar surface area (TPSA) is 49.9 Å². The number of H-pyrrole nitrogens is 1. The molecule has 2 N–H and O–H groups in total. The largest absolute Gasteiger partial charge is 0.496 e. The number of rotatable bonds is 7. The number of thioether (sulfide) groups is 1. The Labute approximate surface area is 132 Å². The minimum Gasteiger partial charge on any atom is -0.496 e. The number of halogens is 2. The third kappa shape index (κ3) is 4.20. The maximum Gasteiger partial charge on any atom is 0.289 e. The van der Waals surface area contributed by atoms with Crippen LogP contribution in [0.25, 0.3) is 0 Å². The summed E-state index contributed by atoms with van der Waals surface area (Å²) in [5, 5.41) is 10.3. The maximum absolute atomic E-state index is 12.5. The molecule has 0 fully saturated rings. The van der Waals surface area contributed by atoms with Gasteiger partial charge >= 0.3 is 0 Å². The third-order valence-electron chi connectivity index (χ3n) is 3.44. The van der Waals surface area contributed by atoms with E-state index >= 15 is 0 Å². The normalized spacial score (nSPS) is 12.6. The number of methoxy groups -OCH3 is 1. The molecule has 0 spiro atoms. The van der Waals surface area contributed by atoms with Crippen molar-refractivity contribution >= 4 is 11.8 Å². The number of aryl methyl sites for hydroxylation is 1. The van der Waals surface area contributed by atoms with Crippen LogP contribution >= 0.6 is 11.8 Å². The smallest absolute Gasteiger partial charge is 0.289 e. The molecular weight excluding hydrogens is 308 g/mol. The maximum atomic E-state index is 12.5. The average Bonchev–Trinajstić information content (AvgIpc) is 2.90. The highest BCUT2D eigenvalue weighted by molar-refractivity contribution is 7.99. The Bertz CT molecular complexity index is 619. The molecule has 0 saturated carbocycles. The van der Waals surface area contributed by atoms with Crippen molar-refractivity contribution in [3.63, 3.8) is 0 Å². The first-order valence-electron chi connectivity index (χ1n) is 6.86. The number of hydrogen-bond donors (Lipinski definition) is 2. The van der Waals surface area contributed by atoms with Crippen molar-refractivity contribution in [2.75, 3.05) is 7.11 Å². The van der Waals surface area contributed by atoms with Crippen LogP contribution < -0.4 is 10.1 Å². The Morgan fingerprint density at radius 3 is 2.77 bits per heavy atom. The van der Waals surface area contributed by atoms with E-state index in [0.717, 1.165) is 16.8 Å². The SMILES string of the molecule is COc1cc(C(C)NCc2cn[nH]c2C)ccc1SC(F)F. The highest BCUT2D eigenvalue weighted by Crippen LogP contribution is 2.35. The number of hydrogen-bond acceptors (Lipinski definition) is 4. The predicted octanol–water partition coefficient (Wildman–Crippen LogP) is 3.89. The van der Waals surface area contributed by atoms with Crippen LogP contribution in [0.3, 0.4) is 0 Å². The van der Waals surface area contributed by atoms with Crippen LogP contribution in [0, 0.1) is 6.92 Å². The lowest BCUT2D eigenvalue weighted by atomic mass is 10.1. The van der Waals surface area contributed by atoms with E-state index in [1.165, 1.54) is 7.11 Å². The van der Waals surface area contributed by atoms with Gasteiger partial charge < -0.3 is 10.1 Å². The summed E-state index contributed by atoms with van der Waals surface area (Å²) in [6, 6.07) is 5.37. The predicted molar refractivity (Wildman–Crippen MR) is 83.4 cm³/mol. The van der Waals surface area contributed by atoms with E-state index in [1.54, 1.807) is 18.3 Å². The summed E-state index contributed by atoms with van der Waals surface area (Å²) in [4.78, 5) is 0.444. The van der Waals surface area contributed by atoms with Gasteiger partial charge in [-0.05, 0) is 31.5 Å². The van der Waals surface area contributed by atoms with Gasteiger partial charge in [-0.1, -0.05) is 17.8 Å². The van der Waals surface area contributed by atoms with Crippen LogP contribution in [-0.4, -0.2) is 23.1 Å². The molecule has 7 heteroatoms. The fourth-order valence-electron chi connectivity index (χ4n) is 2.08. The quantitative estimate of drug-likeness (QED) is 0.758. The number of nitrogens with one attached hydrogen (secondary N) is 2. The van der Waals surface area contributed by atoms with Gasteiger partial charge in [0.2, 0.25) is 0 Å². The summed E-state index contributed by atoms with van der Waals surface area (Å²) in [6.45, 7) is 4.66. The standard InChI is InChI=1S/C15H19F2N3OS/c1-9(18-7-12-8-19-20-10(12)2)11-4-5-14(22-15(16)17)13(6-11)21-3/h4-6,8-9,15,18H,7H2,1-3H3,(H,19,20). The summed E-state index contributed by atoms with van der Waals surface area (Å²) in [5.41, 5.74) is 3.11. The van der Waals surface area contributed by atoms with Crippen LogP contribution in [0.15, 0.2) is 29.3 Å². The zero-order valence-corrected chi connectivity index (χ0v) is 13.5. The number of aromatic nitrogens is 2. The van der Waals surface area contributed by atoms with E-state index in [-0.39, 0.29) is 6.04 Å². The Morgan fingerprint density at radius 2 is 2.18 bits per heavy atom. The summed E-state index contributed by atoms with van der Waals surface area (Å²) < 4.78 is 30.2. The molecule has 0 amide bonds. The number of nitrogens with zero attached hydrogens (tertiary/aromatic N) is 1. The molecule has 0 aliphatic rings. The minimum absolute atomic E-state index is 0.0637. The van der Waals surface area contributed by atoms with Gasteiger partial charge in [0.05, 0.1) is 18.2 Å². The molecule has 0 aliphatic heterocycles. The zero-order valence-electron chi connectivity index (χ0n) is 12.7. The van der Waals surface area contributed by atoms with Crippen molar-refractivity contribution in [1.29, 1.82) is 0 Å². The van der Waals surface area contributed by atoms with Gasteiger partial charge in [0.1, 0.15) is 5.75 Å². The number of aromatic amines is 1. The van der Waals surface area contributed by atoms with Gasteiger partial charge in [-0.25, -0.2) is 0 Å². The molecule has 1 aromatic carbocycles. The van der Waals surface area contributed by atoms with Crippen LogP contribution in [0.5, 0.6) is 5.75 Å². The van der Waals surface area contributed by atoms with Gasteiger partial charge in [0.25, 0.3) is 5.76 Å². The molecule has 4 nitrogen and oxygen atoms in total. The lowest BCUT2D eigenvalue weighted by molar-refractivity contribution is 0.251. The molecule has 0 aliphatic carbocycles. The molecule has 1 unspecified atom stereocenters. The monoisotopic (exact) mass is 327 g/mol. The second-order valence-corrected chi connectivity index (χ2v) is 5.94. The first-order chi connectivity index (χ1) is 10.5. The Kier molecular flexibility index (Phi) is 5.79. The lowest BCUT2D eigenvalue weighted by Crippen LogP contribution is -2.18. The van der Waals surface area contributed by atoms with Crippen LogP contribution in [-0.2, 0) is 6.54 Å². The molecule has 1 heterocycles. The first kappa shape index (κ1) is 16.8. The van der Waals surface area contributed by atoms with Crippen molar-refractivity contribution in [2.24, 2.45) is 0 Å². The van der Waals surface area contributed by atoms with Crippen LogP contribution in [0.1, 0.15) is 29.8 Å². The van der Waals surface area contributed by atoms with Crippen molar-refractivity contribution in [3.05, 3.63) is 41.2 Å². The third-order valence-corrected chi connectivity index (χ3v) is 4.21. The second kappa shape index (κ2) is 7.60. The highest BCUT2D eigenvalue weighted by Gasteiger charge is 2.14. The number of ether oxygens (including phenoxy) is 1. The molecule has 0 saturated heterocycles. The summed E-state index contributed by atoms with van der Waals surface area (Å²) in [6.07, 6.45) is 1.79. The van der Waals surface area contributed by atoms with E-state index in [2.05, 4.69) is 15.5 Å². The van der Waals surface area contributed by atoms with Crippen LogP contribution in [0.4, 0.5) is 8.78 Å². The van der Waals surface area contributed by atoms with Crippen molar-refractivity contribution in [1.82, 2.24) is 15.5 Å². The molecule has 1 aromatic heterocycles. The van der Waals surface area contributed by atoms with Gasteiger partial charge in [-0.15, -0.1) is 0 Å². The summed E-state index contributed by atoms with van der Waals surface area (Å²) >= 11 is 0.492. The Balaban J connectivity index is 2.06. The molecule has 2 aromatic rings. The average molecular weight is 327 g/mol. The number of alkyl halides is 2. The Morgan fingerprint density at radius 1 is 1.41 bits per heavy atom. The van der Waals surface area contributed by atoms with E-state index in [0.29, 0.717) is 29.0 Å². The zero-order chi connectivity index (χ0) is 16.1. The van der Waals surface area contributed by atoms with E-state index in [1.807, 2.05) is 19.9 Å². The number of benzene rings is 1. The van der Waals surface area contributed by atoms with E-state index < -0.39 is 5.76 Å². The second-order valence-electron chi connectivity index (χ2n) is 4.91. The molecule has 120 valence electrons. The molecule has 0 radical (unpaired) electrons. The van der Waals surface area contributed by atoms with Crippen molar-refractivity contribution in [2.45, 2.75) is 37.1 Å². The fourth-order valence-corrected chi connectivity index (χ4v) is 2.68. The molecule has 0 bridgehead atoms. The summed E-state index contributed by atoms with van der Waals surface area (Å²) in [5.74, 6) is -1.99. The first-order valence-corrected chi connectivity index (χ1v) is 7.74. The van der Waals surface area contributed by atoms with Crippen molar-refractivity contribution in [3.8, 4) is 5.75 Å². The molecular formula is C15H19F2N3OS. The van der Waals surface area contributed by atoms with Crippen molar-refractivity contribution < 1.29 is 13.5 Å². The highest BCUT2D eigenvalue weighted by atomic mass is 32.2. The van der Waals surface area contributed by atoms with Gasteiger partial charge in [-0.3, -0.25) is 5.10 Å². The molecule has 22 heavy (non-hydrogen) atoms. The summed E-state index contributed by atoms with van der Waals surface area (Å²) in [7, 11) is 1.49. The van der Waals surface area contributed by atoms with Gasteiger partial charge in [-0.2, -0.15) is 13.9 Å². The van der Waals surface area contributed by atoms with Gasteiger partial charge in [0.15, 0.2) is 0 Å². The van der Waals surface area contributed by atoms with Crippen LogP contribution in [0.2, 0.25) is 0 Å².